The zero-order chi connectivity index (χ0) is 10.1. The van der Waals surface area contributed by atoms with Crippen molar-refractivity contribution in [2.24, 2.45) is 0 Å². The van der Waals surface area contributed by atoms with Crippen molar-refractivity contribution < 1.29 is 9.84 Å². The third-order valence-corrected chi connectivity index (χ3v) is 3.13. The standard InChI is InChI=1S/C10H11NO2S/c1-13-10-4-7-8(11)2-6(5-12)3-9(7)14-10/h2-4,12H,5,11H2,1H3. The molecule has 1 aromatic heterocycles. The van der Waals surface area contributed by atoms with Crippen LogP contribution in [-0.2, 0) is 6.61 Å². The summed E-state index contributed by atoms with van der Waals surface area (Å²) >= 11 is 1.53. The summed E-state index contributed by atoms with van der Waals surface area (Å²) in [6.07, 6.45) is 0. The molecule has 2 rings (SSSR count). The fraction of sp³-hybridized carbons (Fsp3) is 0.200. The van der Waals surface area contributed by atoms with Crippen LogP contribution in [0, 0.1) is 0 Å². The predicted octanol–water partition coefficient (Wildman–Crippen LogP) is 1.98. The first-order chi connectivity index (χ1) is 6.74. The molecule has 0 amide bonds. The molecule has 0 aliphatic heterocycles. The molecule has 0 spiro atoms. The van der Waals surface area contributed by atoms with Gasteiger partial charge >= 0.3 is 0 Å². The number of hydrogen-bond acceptors (Lipinski definition) is 4. The molecule has 0 fully saturated rings. The monoisotopic (exact) mass is 209 g/mol. The quantitative estimate of drug-likeness (QED) is 0.744. The van der Waals surface area contributed by atoms with Crippen LogP contribution in [0.4, 0.5) is 5.69 Å². The van der Waals surface area contributed by atoms with Gasteiger partial charge in [-0.1, -0.05) is 11.3 Å². The molecule has 1 heterocycles. The Labute approximate surface area is 85.7 Å². The van der Waals surface area contributed by atoms with Crippen LogP contribution in [0.25, 0.3) is 10.1 Å². The first kappa shape index (κ1) is 9.30. The fourth-order valence-corrected chi connectivity index (χ4v) is 2.37. The van der Waals surface area contributed by atoms with Crippen LogP contribution in [0.3, 0.4) is 0 Å². The topological polar surface area (TPSA) is 55.5 Å². The number of hydrogen-bond donors (Lipinski definition) is 2. The minimum atomic E-state index is 0.0142. The number of aliphatic hydroxyl groups is 1. The molecule has 0 saturated heterocycles. The average molecular weight is 209 g/mol. The van der Waals surface area contributed by atoms with Crippen molar-refractivity contribution in [1.82, 2.24) is 0 Å². The molecule has 74 valence electrons. The van der Waals surface area contributed by atoms with E-state index in [1.54, 1.807) is 13.2 Å². The van der Waals surface area contributed by atoms with Crippen molar-refractivity contribution in [2.45, 2.75) is 6.61 Å². The van der Waals surface area contributed by atoms with Gasteiger partial charge in [0.2, 0.25) is 0 Å². The summed E-state index contributed by atoms with van der Waals surface area (Å²) in [5.41, 5.74) is 7.36. The van der Waals surface area contributed by atoms with Crippen LogP contribution in [-0.4, -0.2) is 12.2 Å². The van der Waals surface area contributed by atoms with Crippen LogP contribution >= 0.6 is 11.3 Å². The van der Waals surface area contributed by atoms with E-state index in [0.29, 0.717) is 5.69 Å². The molecule has 0 aliphatic rings. The predicted molar refractivity (Wildman–Crippen MR) is 58.7 cm³/mol. The van der Waals surface area contributed by atoms with E-state index in [1.165, 1.54) is 11.3 Å². The van der Waals surface area contributed by atoms with Crippen molar-refractivity contribution in [3.63, 3.8) is 0 Å². The van der Waals surface area contributed by atoms with Crippen molar-refractivity contribution in [1.29, 1.82) is 0 Å². The van der Waals surface area contributed by atoms with E-state index >= 15 is 0 Å². The number of ether oxygens (including phenoxy) is 1. The number of anilines is 1. The SMILES string of the molecule is COc1cc2c(N)cc(CO)cc2s1. The van der Waals surface area contributed by atoms with Crippen LogP contribution in [0.5, 0.6) is 5.06 Å². The fourth-order valence-electron chi connectivity index (χ4n) is 1.39. The third-order valence-electron chi connectivity index (χ3n) is 2.09. The maximum atomic E-state index is 9.00. The second-order valence-corrected chi connectivity index (χ2v) is 4.07. The van der Waals surface area contributed by atoms with Gasteiger partial charge in [0.15, 0.2) is 5.06 Å². The van der Waals surface area contributed by atoms with Crippen LogP contribution < -0.4 is 10.5 Å². The highest BCUT2D eigenvalue weighted by atomic mass is 32.1. The summed E-state index contributed by atoms with van der Waals surface area (Å²) in [7, 11) is 1.63. The number of fused-ring (bicyclic) bond motifs is 1. The minimum Gasteiger partial charge on any atom is -0.487 e. The molecule has 2 aromatic rings. The van der Waals surface area contributed by atoms with Gasteiger partial charge in [0.25, 0.3) is 0 Å². The Balaban J connectivity index is 2.67. The Kier molecular flexibility index (Phi) is 2.31. The van der Waals surface area contributed by atoms with E-state index in [-0.39, 0.29) is 6.61 Å². The lowest BCUT2D eigenvalue weighted by atomic mass is 10.1. The summed E-state index contributed by atoms with van der Waals surface area (Å²) in [5.74, 6) is 0. The summed E-state index contributed by atoms with van der Waals surface area (Å²) in [6, 6.07) is 5.63. The molecule has 1 aromatic carbocycles. The molecule has 14 heavy (non-hydrogen) atoms. The number of rotatable bonds is 2. The van der Waals surface area contributed by atoms with E-state index in [1.807, 2.05) is 12.1 Å². The number of methoxy groups -OCH3 is 1. The zero-order valence-electron chi connectivity index (χ0n) is 7.78. The highest BCUT2D eigenvalue weighted by Crippen LogP contribution is 2.35. The van der Waals surface area contributed by atoms with Gasteiger partial charge in [0.05, 0.1) is 13.7 Å². The van der Waals surface area contributed by atoms with Crippen LogP contribution in [0.15, 0.2) is 18.2 Å². The largest absolute Gasteiger partial charge is 0.487 e. The lowest BCUT2D eigenvalue weighted by molar-refractivity contribution is 0.282. The molecule has 0 saturated carbocycles. The van der Waals surface area contributed by atoms with Gasteiger partial charge in [0.1, 0.15) is 0 Å². The second-order valence-electron chi connectivity index (χ2n) is 3.02. The van der Waals surface area contributed by atoms with Crippen molar-refractivity contribution in [3.05, 3.63) is 23.8 Å². The maximum absolute atomic E-state index is 9.00. The summed E-state index contributed by atoms with van der Waals surface area (Å²) < 4.78 is 6.18. The Morgan fingerprint density at radius 2 is 2.21 bits per heavy atom. The normalized spacial score (nSPS) is 10.7. The molecule has 3 N–H and O–H groups in total. The van der Waals surface area contributed by atoms with E-state index in [2.05, 4.69) is 0 Å². The molecule has 0 bridgehead atoms. The molecular formula is C10H11NO2S. The van der Waals surface area contributed by atoms with Gasteiger partial charge in [-0.2, -0.15) is 0 Å². The molecule has 4 heteroatoms. The number of thiophene rings is 1. The van der Waals surface area contributed by atoms with Crippen molar-refractivity contribution in [3.8, 4) is 5.06 Å². The molecule has 0 atom stereocenters. The minimum absolute atomic E-state index is 0.0142. The molecule has 0 aliphatic carbocycles. The summed E-state index contributed by atoms with van der Waals surface area (Å²) in [6.45, 7) is 0.0142. The van der Waals surface area contributed by atoms with Gasteiger partial charge in [0, 0.05) is 21.8 Å². The van der Waals surface area contributed by atoms with Gasteiger partial charge in [-0.3, -0.25) is 0 Å². The zero-order valence-corrected chi connectivity index (χ0v) is 8.60. The Hall–Kier alpha value is -1.26. The molecule has 0 radical (unpaired) electrons. The average Bonchev–Trinajstić information content (AvgIpc) is 2.61. The third kappa shape index (κ3) is 1.42. The Bertz CT molecular complexity index is 464. The smallest absolute Gasteiger partial charge is 0.174 e. The van der Waals surface area contributed by atoms with Gasteiger partial charge in [-0.15, -0.1) is 0 Å². The molecule has 0 unspecified atom stereocenters. The van der Waals surface area contributed by atoms with Gasteiger partial charge in [-0.05, 0) is 17.7 Å². The van der Waals surface area contributed by atoms with Gasteiger partial charge < -0.3 is 15.6 Å². The van der Waals surface area contributed by atoms with Gasteiger partial charge in [-0.25, -0.2) is 0 Å². The second kappa shape index (κ2) is 3.48. The highest BCUT2D eigenvalue weighted by molar-refractivity contribution is 7.20. The van der Waals surface area contributed by atoms with Crippen molar-refractivity contribution >= 4 is 27.1 Å². The number of nitrogen functional groups attached to an aromatic ring is 1. The lowest BCUT2D eigenvalue weighted by Gasteiger charge is -1.99. The summed E-state index contributed by atoms with van der Waals surface area (Å²) in [4.78, 5) is 0. The van der Waals surface area contributed by atoms with Crippen LogP contribution in [0.1, 0.15) is 5.56 Å². The number of nitrogens with two attached hydrogens (primary N) is 1. The molecular weight excluding hydrogens is 198 g/mol. The lowest BCUT2D eigenvalue weighted by Crippen LogP contribution is -1.89. The first-order valence-electron chi connectivity index (χ1n) is 4.21. The Morgan fingerprint density at radius 3 is 2.86 bits per heavy atom. The van der Waals surface area contributed by atoms with E-state index in [4.69, 9.17) is 15.6 Å². The maximum Gasteiger partial charge on any atom is 0.174 e. The highest BCUT2D eigenvalue weighted by Gasteiger charge is 2.06. The summed E-state index contributed by atoms with van der Waals surface area (Å²) in [5, 5.41) is 10.8. The molecule has 3 nitrogen and oxygen atoms in total. The van der Waals surface area contributed by atoms with E-state index < -0.39 is 0 Å². The van der Waals surface area contributed by atoms with E-state index in [9.17, 15) is 0 Å². The number of aliphatic hydroxyl groups excluding tert-OH is 1. The Morgan fingerprint density at radius 1 is 1.43 bits per heavy atom. The number of benzene rings is 1. The van der Waals surface area contributed by atoms with E-state index in [0.717, 1.165) is 20.7 Å². The van der Waals surface area contributed by atoms with Crippen LogP contribution in [0.2, 0.25) is 0 Å². The van der Waals surface area contributed by atoms with Crippen molar-refractivity contribution in [2.75, 3.05) is 12.8 Å². The first-order valence-corrected chi connectivity index (χ1v) is 5.03.